The Balaban J connectivity index is 1.76. The van der Waals surface area contributed by atoms with Crippen LogP contribution >= 0.6 is 0 Å². The van der Waals surface area contributed by atoms with Gasteiger partial charge in [-0.3, -0.25) is 15.1 Å². The minimum atomic E-state index is -0.0455. The van der Waals surface area contributed by atoms with Crippen LogP contribution in [-0.2, 0) is 11.2 Å². The molecule has 1 aliphatic heterocycles. The second-order valence-electron chi connectivity index (χ2n) is 5.35. The molecule has 1 fully saturated rings. The lowest BCUT2D eigenvalue weighted by Crippen LogP contribution is -2.46. The number of amides is 1. The molecule has 1 heterocycles. The molecule has 1 atom stereocenters. The summed E-state index contributed by atoms with van der Waals surface area (Å²) in [6, 6.07) is 10.0. The molecule has 1 aliphatic rings. The van der Waals surface area contributed by atoms with Crippen LogP contribution in [0.4, 0.5) is 0 Å². The Morgan fingerprint density at radius 1 is 1.30 bits per heavy atom. The van der Waals surface area contributed by atoms with Crippen LogP contribution in [0.15, 0.2) is 42.6 Å². The first-order chi connectivity index (χ1) is 9.66. The fourth-order valence-corrected chi connectivity index (χ4v) is 2.57. The van der Waals surface area contributed by atoms with E-state index < -0.39 is 0 Å². The van der Waals surface area contributed by atoms with Crippen molar-refractivity contribution in [2.45, 2.75) is 31.7 Å². The molecule has 20 heavy (non-hydrogen) atoms. The largest absolute Gasteiger partial charge is 0.302 e. The van der Waals surface area contributed by atoms with E-state index in [9.17, 15) is 4.79 Å². The van der Waals surface area contributed by atoms with Crippen LogP contribution in [0, 0.1) is 0 Å². The molecule has 2 N–H and O–H groups in total. The molecule has 0 saturated carbocycles. The minimum absolute atomic E-state index is 0.0455. The maximum absolute atomic E-state index is 11.9. The van der Waals surface area contributed by atoms with E-state index >= 15 is 0 Å². The lowest BCUT2D eigenvalue weighted by molar-refractivity contribution is -0.121. The highest BCUT2D eigenvalue weighted by Crippen LogP contribution is 2.18. The second-order valence-corrected chi connectivity index (χ2v) is 5.35. The average molecular weight is 273 g/mol. The van der Waals surface area contributed by atoms with Gasteiger partial charge in [-0.15, -0.1) is 0 Å². The highest BCUT2D eigenvalue weighted by molar-refractivity contribution is 5.78. The molecular formula is C16H23N3O. The molecule has 1 saturated heterocycles. The van der Waals surface area contributed by atoms with E-state index in [1.807, 2.05) is 30.3 Å². The van der Waals surface area contributed by atoms with Gasteiger partial charge in [0.05, 0.1) is 12.5 Å². The number of likely N-dealkylation sites (tertiary alicyclic amines) is 1. The number of nitrogens with zero attached hydrogens (tertiary/aromatic N) is 1. The van der Waals surface area contributed by atoms with Crippen molar-refractivity contribution in [2.24, 2.45) is 0 Å². The summed E-state index contributed by atoms with van der Waals surface area (Å²) >= 11 is 0. The first-order valence-corrected chi connectivity index (χ1v) is 7.14. The Kier molecular flexibility index (Phi) is 5.18. The summed E-state index contributed by atoms with van der Waals surface area (Å²) in [6.07, 6.45) is 3.92. The molecule has 0 radical (unpaired) electrons. The summed E-state index contributed by atoms with van der Waals surface area (Å²) in [5.74, 6) is -0.0455. The predicted molar refractivity (Wildman–Crippen MR) is 80.8 cm³/mol. The summed E-state index contributed by atoms with van der Waals surface area (Å²) in [4.78, 5) is 14.1. The van der Waals surface area contributed by atoms with Crippen LogP contribution < -0.4 is 10.9 Å². The summed E-state index contributed by atoms with van der Waals surface area (Å²) in [7, 11) is 2.10. The van der Waals surface area contributed by atoms with Gasteiger partial charge in [0.15, 0.2) is 0 Å². The van der Waals surface area contributed by atoms with Gasteiger partial charge in [0.25, 0.3) is 0 Å². The van der Waals surface area contributed by atoms with Crippen molar-refractivity contribution in [1.82, 2.24) is 15.8 Å². The van der Waals surface area contributed by atoms with Crippen molar-refractivity contribution in [2.75, 3.05) is 13.6 Å². The van der Waals surface area contributed by atoms with Crippen molar-refractivity contribution in [3.63, 3.8) is 0 Å². The Hall–Kier alpha value is -1.81. The van der Waals surface area contributed by atoms with Gasteiger partial charge in [-0.1, -0.05) is 43.3 Å². The zero-order valence-corrected chi connectivity index (χ0v) is 12.1. The molecule has 2 rings (SSSR count). The van der Waals surface area contributed by atoms with E-state index in [2.05, 4.69) is 29.4 Å². The number of nitrogens with one attached hydrogen (secondary N) is 2. The maximum atomic E-state index is 11.9. The third kappa shape index (κ3) is 4.10. The van der Waals surface area contributed by atoms with E-state index in [1.54, 1.807) is 0 Å². The Morgan fingerprint density at radius 2 is 2.05 bits per heavy atom. The topological polar surface area (TPSA) is 44.4 Å². The Bertz CT molecular complexity index is 458. The van der Waals surface area contributed by atoms with E-state index in [-0.39, 0.29) is 5.91 Å². The van der Waals surface area contributed by atoms with Gasteiger partial charge in [-0.05, 0) is 32.0 Å². The van der Waals surface area contributed by atoms with Crippen molar-refractivity contribution in [1.29, 1.82) is 0 Å². The van der Waals surface area contributed by atoms with Crippen molar-refractivity contribution >= 4 is 5.91 Å². The van der Waals surface area contributed by atoms with E-state index in [0.717, 1.165) is 24.2 Å². The maximum Gasteiger partial charge on any atom is 0.242 e. The minimum Gasteiger partial charge on any atom is -0.302 e. The molecule has 0 aromatic heterocycles. The van der Waals surface area contributed by atoms with Gasteiger partial charge in [0.2, 0.25) is 5.91 Å². The third-order valence-electron chi connectivity index (χ3n) is 3.74. The van der Waals surface area contributed by atoms with E-state index in [4.69, 9.17) is 0 Å². The molecular weight excluding hydrogens is 250 g/mol. The highest BCUT2D eigenvalue weighted by atomic mass is 16.2. The fourth-order valence-electron chi connectivity index (χ4n) is 2.57. The molecule has 1 amide bonds. The van der Waals surface area contributed by atoms with Crippen LogP contribution in [0.3, 0.4) is 0 Å². The number of hydrogen-bond donors (Lipinski definition) is 2. The van der Waals surface area contributed by atoms with Gasteiger partial charge < -0.3 is 5.43 Å². The fraction of sp³-hybridized carbons (Fsp3) is 0.438. The van der Waals surface area contributed by atoms with Crippen LogP contribution in [0.1, 0.15) is 24.8 Å². The quantitative estimate of drug-likeness (QED) is 0.805. The lowest BCUT2D eigenvalue weighted by atomic mass is 10.0. The molecule has 0 unspecified atom stereocenters. The number of hydrazine groups is 1. The Labute approximate surface area is 120 Å². The zero-order valence-electron chi connectivity index (χ0n) is 12.1. The molecule has 4 heteroatoms. The molecule has 1 aromatic rings. The predicted octanol–water partition coefficient (Wildman–Crippen LogP) is 1.85. The molecule has 0 spiro atoms. The zero-order chi connectivity index (χ0) is 14.4. The number of rotatable bonds is 5. The van der Waals surface area contributed by atoms with Crippen LogP contribution in [0.25, 0.3) is 0 Å². The van der Waals surface area contributed by atoms with Crippen LogP contribution in [-0.4, -0.2) is 30.4 Å². The second kappa shape index (κ2) is 7.10. The molecule has 1 aromatic carbocycles. The number of benzene rings is 1. The molecule has 108 valence electrons. The average Bonchev–Trinajstić information content (AvgIpc) is 2.46. The van der Waals surface area contributed by atoms with Gasteiger partial charge >= 0.3 is 0 Å². The Morgan fingerprint density at radius 3 is 2.75 bits per heavy atom. The molecule has 0 bridgehead atoms. The normalized spacial score (nSPS) is 19.4. The molecule has 4 nitrogen and oxygen atoms in total. The lowest BCUT2D eigenvalue weighted by Gasteiger charge is -2.34. The number of hydrogen-bond acceptors (Lipinski definition) is 3. The SMILES string of the molecule is C=C(NNC(=O)Cc1ccccc1)[C@@H]1CCCCN1C. The first kappa shape index (κ1) is 14.6. The van der Waals surface area contributed by atoms with Gasteiger partial charge in [0.1, 0.15) is 0 Å². The standard InChI is InChI=1S/C16H23N3O/c1-13(15-10-6-7-11-19(15)2)17-18-16(20)12-14-8-4-3-5-9-14/h3-5,8-9,15,17H,1,6-7,10-12H2,2H3,(H,18,20)/t15-/m0/s1. The van der Waals surface area contributed by atoms with E-state index in [1.165, 1.54) is 12.8 Å². The van der Waals surface area contributed by atoms with Crippen LogP contribution in [0.2, 0.25) is 0 Å². The number of carbonyl (C=O) groups excluding carboxylic acids is 1. The van der Waals surface area contributed by atoms with Crippen molar-refractivity contribution < 1.29 is 4.79 Å². The third-order valence-corrected chi connectivity index (χ3v) is 3.74. The van der Waals surface area contributed by atoms with Crippen molar-refractivity contribution in [3.8, 4) is 0 Å². The van der Waals surface area contributed by atoms with E-state index in [0.29, 0.717) is 12.5 Å². The van der Waals surface area contributed by atoms with Crippen LogP contribution in [0.5, 0.6) is 0 Å². The number of likely N-dealkylation sites (N-methyl/N-ethyl adjacent to an activating group) is 1. The highest BCUT2D eigenvalue weighted by Gasteiger charge is 2.21. The van der Waals surface area contributed by atoms with Gasteiger partial charge in [-0.25, -0.2) is 0 Å². The smallest absolute Gasteiger partial charge is 0.242 e. The number of piperidine rings is 1. The first-order valence-electron chi connectivity index (χ1n) is 7.14. The summed E-state index contributed by atoms with van der Waals surface area (Å²) in [5.41, 5.74) is 7.58. The monoisotopic (exact) mass is 273 g/mol. The van der Waals surface area contributed by atoms with Gasteiger partial charge in [0, 0.05) is 5.70 Å². The summed E-state index contributed by atoms with van der Waals surface area (Å²) < 4.78 is 0. The van der Waals surface area contributed by atoms with Gasteiger partial charge in [-0.2, -0.15) is 0 Å². The molecule has 0 aliphatic carbocycles. The number of carbonyl (C=O) groups is 1. The van der Waals surface area contributed by atoms with Crippen molar-refractivity contribution in [3.05, 3.63) is 48.2 Å². The summed E-state index contributed by atoms with van der Waals surface area (Å²) in [6.45, 7) is 5.13. The summed E-state index contributed by atoms with van der Waals surface area (Å²) in [5, 5.41) is 0.